The fourth-order valence-electron chi connectivity index (χ4n) is 4.19. The molecule has 1 aromatic rings. The molecule has 2 aliphatic rings. The molecule has 2 saturated heterocycles. The van der Waals surface area contributed by atoms with Gasteiger partial charge in [-0.3, -0.25) is 9.89 Å². The molecule has 28 heavy (non-hydrogen) atoms. The predicted molar refractivity (Wildman–Crippen MR) is 111 cm³/mol. The lowest BCUT2D eigenvalue weighted by Gasteiger charge is -2.37. The van der Waals surface area contributed by atoms with E-state index in [4.69, 9.17) is 4.74 Å². The maximum absolute atomic E-state index is 13.9. The third kappa shape index (κ3) is 5.58. The molecule has 3 rings (SSSR count). The Kier molecular flexibility index (Phi) is 7.50. The lowest BCUT2D eigenvalue weighted by atomic mass is 9.98. The van der Waals surface area contributed by atoms with Crippen LogP contribution >= 0.6 is 0 Å². The molecule has 6 nitrogen and oxygen atoms in total. The molecule has 2 heterocycles. The Morgan fingerprint density at radius 1 is 1.25 bits per heavy atom. The number of nitrogens with zero attached hydrogens (tertiary/aromatic N) is 4. The highest BCUT2D eigenvalue weighted by atomic mass is 19.1. The zero-order valence-corrected chi connectivity index (χ0v) is 17.5. The van der Waals surface area contributed by atoms with Crippen LogP contribution in [0.1, 0.15) is 18.4 Å². The molecule has 0 aliphatic carbocycles. The number of benzene rings is 1. The molecular weight excluding hydrogens is 357 g/mol. The van der Waals surface area contributed by atoms with Gasteiger partial charge in [-0.2, -0.15) is 0 Å². The van der Waals surface area contributed by atoms with Gasteiger partial charge in [-0.1, -0.05) is 6.07 Å². The average Bonchev–Trinajstić information content (AvgIpc) is 2.70. The number of methoxy groups -OCH3 is 1. The highest BCUT2D eigenvalue weighted by molar-refractivity contribution is 5.80. The molecule has 1 unspecified atom stereocenters. The molecule has 1 atom stereocenters. The van der Waals surface area contributed by atoms with E-state index in [2.05, 4.69) is 32.1 Å². The van der Waals surface area contributed by atoms with Gasteiger partial charge in [-0.15, -0.1) is 0 Å². The average molecular weight is 392 g/mol. The number of halogens is 1. The Labute approximate surface area is 168 Å². The molecule has 156 valence electrons. The number of nitrogens with one attached hydrogen (secondary N) is 1. The summed E-state index contributed by atoms with van der Waals surface area (Å²) in [5, 5.41) is 3.58. The molecule has 0 amide bonds. The lowest BCUT2D eigenvalue weighted by molar-refractivity contribution is 0.170. The van der Waals surface area contributed by atoms with E-state index in [9.17, 15) is 4.39 Å². The first-order chi connectivity index (χ1) is 13.6. The number of aliphatic imine (C=N–C) groups is 1. The van der Waals surface area contributed by atoms with Gasteiger partial charge in [0.05, 0.1) is 7.11 Å². The van der Waals surface area contributed by atoms with Crippen LogP contribution in [0.2, 0.25) is 0 Å². The van der Waals surface area contributed by atoms with E-state index in [-0.39, 0.29) is 5.82 Å². The highest BCUT2D eigenvalue weighted by Crippen LogP contribution is 2.19. The minimum atomic E-state index is -0.295. The Morgan fingerprint density at radius 3 is 2.68 bits per heavy atom. The van der Waals surface area contributed by atoms with Crippen LogP contribution in [-0.4, -0.2) is 87.7 Å². The van der Waals surface area contributed by atoms with E-state index in [1.807, 2.05) is 13.1 Å². The fraction of sp³-hybridized carbons (Fsp3) is 0.667. The molecule has 0 radical (unpaired) electrons. The van der Waals surface area contributed by atoms with Gasteiger partial charge < -0.3 is 19.9 Å². The van der Waals surface area contributed by atoms with E-state index in [1.165, 1.54) is 26.5 Å². The summed E-state index contributed by atoms with van der Waals surface area (Å²) in [6.45, 7) is 7.88. The standard InChI is InChI=1S/C21H34FN5O/c1-23-21(24-14-18-5-4-8-25(2)15-18)27-11-9-26(10-12-27)16-17-6-7-20(28-3)19(22)13-17/h6-7,13,18H,4-5,8-12,14-16H2,1-3H3,(H,23,24). The molecule has 7 heteroatoms. The van der Waals surface area contributed by atoms with Crippen molar-refractivity contribution in [1.82, 2.24) is 20.0 Å². The van der Waals surface area contributed by atoms with E-state index in [0.717, 1.165) is 57.3 Å². The largest absolute Gasteiger partial charge is 0.494 e. The molecule has 0 aromatic heterocycles. The lowest BCUT2D eigenvalue weighted by Crippen LogP contribution is -2.53. The van der Waals surface area contributed by atoms with Crippen LogP contribution in [-0.2, 0) is 6.54 Å². The summed E-state index contributed by atoms with van der Waals surface area (Å²) < 4.78 is 18.9. The van der Waals surface area contributed by atoms with Crippen LogP contribution in [0.3, 0.4) is 0 Å². The minimum absolute atomic E-state index is 0.295. The molecular formula is C21H34FN5O. The third-order valence-corrected chi connectivity index (χ3v) is 5.78. The number of rotatable bonds is 5. The maximum Gasteiger partial charge on any atom is 0.193 e. The molecule has 2 aliphatic heterocycles. The Morgan fingerprint density at radius 2 is 2.04 bits per heavy atom. The Hall–Kier alpha value is -1.86. The summed E-state index contributed by atoms with van der Waals surface area (Å²) >= 11 is 0. The summed E-state index contributed by atoms with van der Waals surface area (Å²) in [4.78, 5) is 11.6. The molecule has 1 N–H and O–H groups in total. The van der Waals surface area contributed by atoms with Gasteiger partial charge in [0.2, 0.25) is 0 Å². The number of piperidine rings is 1. The highest BCUT2D eigenvalue weighted by Gasteiger charge is 2.22. The summed E-state index contributed by atoms with van der Waals surface area (Å²) in [6, 6.07) is 5.22. The summed E-state index contributed by atoms with van der Waals surface area (Å²) in [7, 11) is 5.56. The predicted octanol–water partition coefficient (Wildman–Crippen LogP) is 1.87. The van der Waals surface area contributed by atoms with E-state index in [0.29, 0.717) is 11.7 Å². The van der Waals surface area contributed by atoms with Gasteiger partial charge in [0, 0.05) is 52.9 Å². The number of hydrogen-bond acceptors (Lipinski definition) is 4. The van der Waals surface area contributed by atoms with Gasteiger partial charge in [0.1, 0.15) is 0 Å². The first-order valence-corrected chi connectivity index (χ1v) is 10.3. The molecule has 0 bridgehead atoms. The second-order valence-electron chi connectivity index (χ2n) is 7.93. The first-order valence-electron chi connectivity index (χ1n) is 10.3. The number of ether oxygens (including phenoxy) is 1. The normalized spacial score (nSPS) is 22.4. The first kappa shape index (κ1) is 20.9. The number of piperazine rings is 1. The second kappa shape index (κ2) is 10.1. The van der Waals surface area contributed by atoms with E-state index >= 15 is 0 Å². The molecule has 0 saturated carbocycles. The van der Waals surface area contributed by atoms with Crippen molar-refractivity contribution in [3.63, 3.8) is 0 Å². The quantitative estimate of drug-likeness (QED) is 0.613. The van der Waals surface area contributed by atoms with Crippen LogP contribution in [0, 0.1) is 11.7 Å². The van der Waals surface area contributed by atoms with Gasteiger partial charge in [-0.25, -0.2) is 4.39 Å². The topological polar surface area (TPSA) is 43.3 Å². The van der Waals surface area contributed by atoms with Crippen LogP contribution in [0.15, 0.2) is 23.2 Å². The van der Waals surface area contributed by atoms with Crippen molar-refractivity contribution in [3.8, 4) is 5.75 Å². The van der Waals surface area contributed by atoms with Crippen LogP contribution in [0.5, 0.6) is 5.75 Å². The summed E-state index contributed by atoms with van der Waals surface area (Å²) in [6.07, 6.45) is 2.58. The van der Waals surface area contributed by atoms with E-state index in [1.54, 1.807) is 12.1 Å². The van der Waals surface area contributed by atoms with Crippen LogP contribution in [0.25, 0.3) is 0 Å². The zero-order valence-electron chi connectivity index (χ0n) is 17.5. The summed E-state index contributed by atoms with van der Waals surface area (Å²) in [5.41, 5.74) is 0.982. The van der Waals surface area contributed by atoms with Crippen molar-refractivity contribution < 1.29 is 9.13 Å². The van der Waals surface area contributed by atoms with Crippen molar-refractivity contribution in [3.05, 3.63) is 29.6 Å². The van der Waals surface area contributed by atoms with Gasteiger partial charge in [0.25, 0.3) is 0 Å². The van der Waals surface area contributed by atoms with Crippen molar-refractivity contribution in [2.45, 2.75) is 19.4 Å². The van der Waals surface area contributed by atoms with Crippen molar-refractivity contribution in [2.24, 2.45) is 10.9 Å². The second-order valence-corrected chi connectivity index (χ2v) is 7.93. The molecule has 1 aromatic carbocycles. The van der Waals surface area contributed by atoms with Crippen LogP contribution < -0.4 is 10.1 Å². The maximum atomic E-state index is 13.9. The Balaban J connectivity index is 1.45. The van der Waals surface area contributed by atoms with Crippen LogP contribution in [0.4, 0.5) is 4.39 Å². The monoisotopic (exact) mass is 391 g/mol. The molecule has 0 spiro atoms. The minimum Gasteiger partial charge on any atom is -0.494 e. The number of likely N-dealkylation sites (tertiary alicyclic amines) is 1. The number of hydrogen-bond donors (Lipinski definition) is 1. The Bertz CT molecular complexity index is 660. The smallest absolute Gasteiger partial charge is 0.193 e. The third-order valence-electron chi connectivity index (χ3n) is 5.78. The van der Waals surface area contributed by atoms with Gasteiger partial charge in [0.15, 0.2) is 17.5 Å². The van der Waals surface area contributed by atoms with Gasteiger partial charge >= 0.3 is 0 Å². The van der Waals surface area contributed by atoms with Crippen molar-refractivity contribution in [1.29, 1.82) is 0 Å². The zero-order chi connectivity index (χ0) is 19.9. The SMILES string of the molecule is CN=C(NCC1CCCN(C)C1)N1CCN(Cc2ccc(OC)c(F)c2)CC1. The fourth-order valence-corrected chi connectivity index (χ4v) is 4.19. The van der Waals surface area contributed by atoms with E-state index < -0.39 is 0 Å². The van der Waals surface area contributed by atoms with Crippen molar-refractivity contribution in [2.75, 3.05) is 67.0 Å². The number of guanidine groups is 1. The van der Waals surface area contributed by atoms with Gasteiger partial charge in [-0.05, 0) is 50.0 Å². The van der Waals surface area contributed by atoms with Crippen molar-refractivity contribution >= 4 is 5.96 Å². The molecule has 2 fully saturated rings. The summed E-state index contributed by atoms with van der Waals surface area (Å²) in [5.74, 6) is 1.70.